The molecule has 4 heteroatoms. The average Bonchev–Trinajstić information content (AvgIpc) is 2.82. The number of ether oxygens (including phenoxy) is 1. The Morgan fingerprint density at radius 2 is 1.47 bits per heavy atom. The van der Waals surface area contributed by atoms with Gasteiger partial charge in [-0.2, -0.15) is 0 Å². The minimum absolute atomic E-state index is 0.303. The Kier molecular flexibility index (Phi) is 13.1. The first-order valence-corrected chi connectivity index (χ1v) is 12.4. The van der Waals surface area contributed by atoms with Gasteiger partial charge in [-0.1, -0.05) is 83.5 Å². The molecule has 1 aromatic carbocycles. The first kappa shape index (κ1) is 25.8. The second-order valence-corrected chi connectivity index (χ2v) is 8.39. The average molecular weight is 439 g/mol. The van der Waals surface area contributed by atoms with Crippen molar-refractivity contribution in [3.8, 4) is 29.0 Å². The molecule has 174 valence electrons. The van der Waals surface area contributed by atoms with Gasteiger partial charge < -0.3 is 4.74 Å². The summed E-state index contributed by atoms with van der Waals surface area (Å²) in [7, 11) is 0. The van der Waals surface area contributed by atoms with Gasteiger partial charge in [0, 0.05) is 17.5 Å². The highest BCUT2D eigenvalue weighted by Crippen LogP contribution is 2.18. The van der Waals surface area contributed by atoms with Crippen LogP contribution in [-0.2, 0) is 0 Å². The van der Waals surface area contributed by atoms with Crippen LogP contribution in [0, 0.1) is 11.8 Å². The monoisotopic (exact) mass is 438 g/mol. The van der Waals surface area contributed by atoms with Crippen LogP contribution in [0.2, 0.25) is 0 Å². The second-order valence-electron chi connectivity index (χ2n) is 8.39. The summed E-state index contributed by atoms with van der Waals surface area (Å²) in [4.78, 5) is 8.85. The van der Waals surface area contributed by atoms with Crippen molar-refractivity contribution in [1.29, 1.82) is 0 Å². The number of hydrogen-bond acceptors (Lipinski definition) is 3. The Morgan fingerprint density at radius 1 is 0.844 bits per heavy atom. The first-order valence-electron chi connectivity index (χ1n) is 12.4. The van der Waals surface area contributed by atoms with Gasteiger partial charge in [0.15, 0.2) is 11.6 Å². The zero-order valence-electron chi connectivity index (χ0n) is 19.9. The zero-order valence-corrected chi connectivity index (χ0v) is 19.9. The Bertz CT molecular complexity index is 793. The maximum Gasteiger partial charge on any atom is 0.159 e. The number of unbranched alkanes of at least 4 members (excludes halogenated alkanes) is 8. The van der Waals surface area contributed by atoms with E-state index >= 15 is 0 Å². The highest BCUT2D eigenvalue weighted by molar-refractivity contribution is 5.56. The first-order chi connectivity index (χ1) is 15.7. The molecule has 0 aliphatic heterocycles. The van der Waals surface area contributed by atoms with Gasteiger partial charge in [0.1, 0.15) is 6.17 Å². The fraction of sp³-hybridized carbons (Fsp3) is 0.571. The number of benzene rings is 1. The summed E-state index contributed by atoms with van der Waals surface area (Å²) >= 11 is 0. The number of hydrogen-bond donors (Lipinski definition) is 0. The smallest absolute Gasteiger partial charge is 0.159 e. The van der Waals surface area contributed by atoms with E-state index in [-0.39, 0.29) is 0 Å². The molecule has 0 spiro atoms. The van der Waals surface area contributed by atoms with E-state index in [1.807, 2.05) is 24.3 Å². The molecule has 1 heterocycles. The molecule has 1 atom stereocenters. The minimum Gasteiger partial charge on any atom is -0.490 e. The number of rotatable bonds is 15. The van der Waals surface area contributed by atoms with E-state index in [1.165, 1.54) is 44.9 Å². The van der Waals surface area contributed by atoms with Gasteiger partial charge in [0.2, 0.25) is 0 Å². The second kappa shape index (κ2) is 16.3. The fourth-order valence-electron chi connectivity index (χ4n) is 3.47. The number of aromatic nitrogens is 2. The van der Waals surface area contributed by atoms with E-state index in [2.05, 4.69) is 35.7 Å². The van der Waals surface area contributed by atoms with Crippen molar-refractivity contribution in [1.82, 2.24) is 9.97 Å². The largest absolute Gasteiger partial charge is 0.490 e. The third kappa shape index (κ3) is 10.8. The van der Waals surface area contributed by atoms with Crippen molar-refractivity contribution in [2.45, 2.75) is 97.1 Å². The summed E-state index contributed by atoms with van der Waals surface area (Å²) < 4.78 is 19.6. The van der Waals surface area contributed by atoms with Crippen molar-refractivity contribution < 1.29 is 9.13 Å². The van der Waals surface area contributed by atoms with Crippen LogP contribution >= 0.6 is 0 Å². The predicted molar refractivity (Wildman–Crippen MR) is 131 cm³/mol. The minimum atomic E-state index is -0.825. The van der Waals surface area contributed by atoms with Crippen molar-refractivity contribution in [3.05, 3.63) is 42.2 Å². The molecule has 32 heavy (non-hydrogen) atoms. The molecule has 0 N–H and O–H groups in total. The molecule has 0 fully saturated rings. The molecule has 2 aromatic rings. The molecule has 3 nitrogen and oxygen atoms in total. The molecule has 0 amide bonds. The van der Waals surface area contributed by atoms with Crippen LogP contribution in [0.5, 0.6) is 5.75 Å². The maximum atomic E-state index is 13.9. The standard InChI is InChI=1S/C28H39FN2O/c1-3-5-7-9-10-12-21-32-27-22-30-28(31-23-27)25-19-17-24(18-20-25)14-13-16-26(29)15-11-8-6-4-2/h17-20,22-23,26H,3-12,15-16,21H2,1-2H3/t26-/m0/s1. The highest BCUT2D eigenvalue weighted by Gasteiger charge is 2.04. The molecular weight excluding hydrogens is 399 g/mol. The van der Waals surface area contributed by atoms with E-state index in [0.717, 1.165) is 30.4 Å². The van der Waals surface area contributed by atoms with E-state index in [4.69, 9.17) is 4.74 Å². The Hall–Kier alpha value is -2.41. The normalized spacial score (nSPS) is 11.6. The maximum absolute atomic E-state index is 13.9. The summed E-state index contributed by atoms with van der Waals surface area (Å²) in [6.45, 7) is 5.10. The van der Waals surface area contributed by atoms with Crippen LogP contribution in [-0.4, -0.2) is 22.7 Å². The van der Waals surface area contributed by atoms with Crippen molar-refractivity contribution in [2.24, 2.45) is 0 Å². The quantitative estimate of drug-likeness (QED) is 0.209. The Labute approximate surface area is 194 Å². The summed E-state index contributed by atoms with van der Waals surface area (Å²) in [5, 5.41) is 0. The van der Waals surface area contributed by atoms with Gasteiger partial charge in [-0.15, -0.1) is 0 Å². The molecule has 0 radical (unpaired) electrons. The van der Waals surface area contributed by atoms with Crippen molar-refractivity contribution >= 4 is 0 Å². The summed E-state index contributed by atoms with van der Waals surface area (Å²) in [6, 6.07) is 7.77. The lowest BCUT2D eigenvalue weighted by Crippen LogP contribution is -1.99. The number of nitrogens with zero attached hydrogens (tertiary/aromatic N) is 2. The van der Waals surface area contributed by atoms with Gasteiger partial charge in [-0.3, -0.25) is 0 Å². The van der Waals surface area contributed by atoms with Crippen LogP contribution in [0.4, 0.5) is 4.39 Å². The SMILES string of the molecule is CCCCCCCCOc1cnc(-c2ccc(C#CC[C@@H](F)CCCCCC)cc2)nc1. The lowest BCUT2D eigenvalue weighted by molar-refractivity contribution is 0.302. The molecule has 0 bridgehead atoms. The van der Waals surface area contributed by atoms with Crippen LogP contribution in [0.25, 0.3) is 11.4 Å². The molecule has 2 rings (SSSR count). The molecule has 0 aliphatic carbocycles. The van der Waals surface area contributed by atoms with Gasteiger partial charge in [0.05, 0.1) is 19.0 Å². The van der Waals surface area contributed by atoms with Gasteiger partial charge in [0.25, 0.3) is 0 Å². The summed E-state index contributed by atoms with van der Waals surface area (Å²) in [5.74, 6) is 7.40. The predicted octanol–water partition coefficient (Wildman–Crippen LogP) is 7.93. The van der Waals surface area contributed by atoms with Crippen molar-refractivity contribution in [3.63, 3.8) is 0 Å². The number of alkyl halides is 1. The van der Waals surface area contributed by atoms with Gasteiger partial charge in [-0.05, 0) is 37.1 Å². The van der Waals surface area contributed by atoms with E-state index in [9.17, 15) is 4.39 Å². The lowest BCUT2D eigenvalue weighted by Gasteiger charge is -2.06. The van der Waals surface area contributed by atoms with Crippen LogP contribution in [0.15, 0.2) is 36.7 Å². The highest BCUT2D eigenvalue weighted by atomic mass is 19.1. The molecule has 0 saturated heterocycles. The Morgan fingerprint density at radius 3 is 2.16 bits per heavy atom. The summed E-state index contributed by atoms with van der Waals surface area (Å²) in [6.07, 6.45) is 15.4. The molecular formula is C28H39FN2O. The fourth-order valence-corrected chi connectivity index (χ4v) is 3.47. The zero-order chi connectivity index (χ0) is 22.9. The summed E-state index contributed by atoms with van der Waals surface area (Å²) in [5.41, 5.74) is 1.81. The lowest BCUT2D eigenvalue weighted by atomic mass is 10.1. The van der Waals surface area contributed by atoms with E-state index < -0.39 is 6.17 Å². The molecule has 1 aromatic heterocycles. The Balaban J connectivity index is 1.73. The van der Waals surface area contributed by atoms with Crippen LogP contribution < -0.4 is 4.74 Å². The number of halogens is 1. The molecule has 0 aliphatic rings. The topological polar surface area (TPSA) is 35.0 Å². The third-order valence-electron chi connectivity index (χ3n) is 5.47. The molecule has 0 unspecified atom stereocenters. The van der Waals surface area contributed by atoms with E-state index in [1.54, 1.807) is 12.4 Å². The van der Waals surface area contributed by atoms with Crippen molar-refractivity contribution in [2.75, 3.05) is 6.61 Å². The van der Waals surface area contributed by atoms with Crippen LogP contribution in [0.1, 0.15) is 96.5 Å². The van der Waals surface area contributed by atoms with Crippen LogP contribution in [0.3, 0.4) is 0 Å². The van der Waals surface area contributed by atoms with Gasteiger partial charge in [-0.25, -0.2) is 14.4 Å². The third-order valence-corrected chi connectivity index (χ3v) is 5.47. The molecule has 0 saturated carbocycles. The van der Waals surface area contributed by atoms with Gasteiger partial charge >= 0.3 is 0 Å². The van der Waals surface area contributed by atoms with E-state index in [0.29, 0.717) is 31.0 Å².